The molecular formula is C32H22Br2ClN5O6S. The van der Waals surface area contributed by atoms with Gasteiger partial charge in [-0.2, -0.15) is 10.5 Å². The van der Waals surface area contributed by atoms with Gasteiger partial charge in [-0.25, -0.2) is 13.1 Å². The van der Waals surface area contributed by atoms with Crippen LogP contribution >= 0.6 is 43.5 Å². The molecule has 238 valence electrons. The molecule has 0 aromatic heterocycles. The second kappa shape index (κ2) is 14.2. The molecule has 1 aliphatic rings. The monoisotopic (exact) mass is 797 g/mol. The summed E-state index contributed by atoms with van der Waals surface area (Å²) in [6.45, 7) is 0.684. The van der Waals surface area contributed by atoms with Crippen molar-refractivity contribution in [1.82, 2.24) is 9.62 Å². The average molecular weight is 800 g/mol. The van der Waals surface area contributed by atoms with Crippen molar-refractivity contribution in [3.05, 3.63) is 130 Å². The SMILES string of the molecule is N#Cc1ccc(COc2c(Br)cc3c(c2Br)CN(Cc2ccc(C#N)cc2)[C@H](C(=O)NS(=O)(=O)c2ccc(Cl)c([N+](=O)[O-])c2)C3)cc1. The molecule has 0 fully saturated rings. The van der Waals surface area contributed by atoms with Crippen molar-refractivity contribution in [2.45, 2.75) is 37.1 Å². The Balaban J connectivity index is 1.46. The minimum atomic E-state index is -4.51. The highest BCUT2D eigenvalue weighted by Crippen LogP contribution is 2.42. The van der Waals surface area contributed by atoms with E-state index in [9.17, 15) is 28.6 Å². The number of rotatable bonds is 9. The van der Waals surface area contributed by atoms with Crippen LogP contribution in [0.2, 0.25) is 5.02 Å². The van der Waals surface area contributed by atoms with Gasteiger partial charge in [0.25, 0.3) is 21.6 Å². The molecule has 0 spiro atoms. The first kappa shape index (κ1) is 34.0. The molecule has 0 unspecified atom stereocenters. The summed E-state index contributed by atoms with van der Waals surface area (Å²) in [6.07, 6.45) is 0.126. The van der Waals surface area contributed by atoms with Crippen molar-refractivity contribution in [3.8, 4) is 17.9 Å². The number of hydrogen-bond acceptors (Lipinski definition) is 9. The molecule has 0 aliphatic carbocycles. The largest absolute Gasteiger partial charge is 0.487 e. The highest BCUT2D eigenvalue weighted by Gasteiger charge is 2.36. The van der Waals surface area contributed by atoms with Crippen LogP contribution in [0.25, 0.3) is 0 Å². The lowest BCUT2D eigenvalue weighted by atomic mass is 9.92. The van der Waals surface area contributed by atoms with Gasteiger partial charge in [-0.1, -0.05) is 35.9 Å². The maximum atomic E-state index is 13.7. The smallest absolute Gasteiger partial charge is 0.289 e. The van der Waals surface area contributed by atoms with Crippen molar-refractivity contribution in [2.24, 2.45) is 0 Å². The van der Waals surface area contributed by atoms with Crippen LogP contribution < -0.4 is 9.46 Å². The summed E-state index contributed by atoms with van der Waals surface area (Å²) in [7, 11) is -4.51. The second-order valence-corrected chi connectivity index (χ2v) is 14.2. The lowest BCUT2D eigenvalue weighted by Gasteiger charge is -2.37. The van der Waals surface area contributed by atoms with Crippen molar-refractivity contribution in [2.75, 3.05) is 0 Å². The van der Waals surface area contributed by atoms with Crippen LogP contribution in [0.4, 0.5) is 5.69 Å². The number of benzene rings is 4. The molecular weight excluding hydrogens is 778 g/mol. The summed E-state index contributed by atoms with van der Waals surface area (Å²) in [6, 6.07) is 21.8. The molecule has 5 rings (SSSR count). The predicted molar refractivity (Wildman–Crippen MR) is 179 cm³/mol. The van der Waals surface area contributed by atoms with Crippen molar-refractivity contribution in [3.63, 3.8) is 0 Å². The van der Waals surface area contributed by atoms with E-state index in [1.54, 1.807) is 48.5 Å². The van der Waals surface area contributed by atoms with Gasteiger partial charge in [0.15, 0.2) is 0 Å². The first-order chi connectivity index (χ1) is 22.4. The number of nitriles is 2. The fourth-order valence-electron chi connectivity index (χ4n) is 5.06. The van der Waals surface area contributed by atoms with E-state index in [0.29, 0.717) is 25.8 Å². The molecule has 4 aromatic rings. The third-order valence-electron chi connectivity index (χ3n) is 7.48. The molecule has 1 amide bonds. The molecule has 1 atom stereocenters. The Bertz CT molecular complexity index is 2080. The third kappa shape index (κ3) is 7.64. The number of nitrogens with zero attached hydrogens (tertiary/aromatic N) is 4. The molecule has 0 bridgehead atoms. The molecule has 11 nitrogen and oxygen atoms in total. The van der Waals surface area contributed by atoms with Gasteiger partial charge in [0.1, 0.15) is 17.4 Å². The summed E-state index contributed by atoms with van der Waals surface area (Å²) < 4.78 is 36.0. The first-order valence-electron chi connectivity index (χ1n) is 13.8. The fourth-order valence-corrected chi connectivity index (χ4v) is 7.84. The summed E-state index contributed by atoms with van der Waals surface area (Å²) in [5.41, 5.74) is 3.63. The summed E-state index contributed by atoms with van der Waals surface area (Å²) in [5.74, 6) is -0.295. The van der Waals surface area contributed by atoms with Crippen molar-refractivity contribution in [1.29, 1.82) is 10.5 Å². The predicted octanol–water partition coefficient (Wildman–Crippen LogP) is 6.53. The van der Waals surface area contributed by atoms with E-state index >= 15 is 0 Å². The van der Waals surface area contributed by atoms with Crippen LogP contribution in [0.1, 0.15) is 33.4 Å². The molecule has 1 heterocycles. The number of fused-ring (bicyclic) bond motifs is 1. The average Bonchev–Trinajstić information content (AvgIpc) is 3.05. The molecule has 4 aromatic carbocycles. The lowest BCUT2D eigenvalue weighted by molar-refractivity contribution is -0.384. The lowest BCUT2D eigenvalue weighted by Crippen LogP contribution is -2.51. The molecule has 0 saturated heterocycles. The minimum Gasteiger partial charge on any atom is -0.487 e. The quantitative estimate of drug-likeness (QED) is 0.146. The highest BCUT2D eigenvalue weighted by molar-refractivity contribution is 9.11. The van der Waals surface area contributed by atoms with E-state index in [1.165, 1.54) is 0 Å². The van der Waals surface area contributed by atoms with Crippen molar-refractivity contribution >= 4 is 65.1 Å². The maximum Gasteiger partial charge on any atom is 0.289 e. The zero-order chi connectivity index (χ0) is 33.9. The number of sulfonamides is 1. The van der Waals surface area contributed by atoms with E-state index in [-0.39, 0.29) is 31.1 Å². The van der Waals surface area contributed by atoms with Crippen LogP contribution in [-0.4, -0.2) is 30.2 Å². The van der Waals surface area contributed by atoms with Crippen LogP contribution in [0, 0.1) is 32.8 Å². The molecule has 1 N–H and O–H groups in total. The van der Waals surface area contributed by atoms with E-state index in [4.69, 9.17) is 21.6 Å². The number of hydrogen-bond donors (Lipinski definition) is 1. The van der Waals surface area contributed by atoms with Gasteiger partial charge < -0.3 is 4.74 Å². The Labute approximate surface area is 291 Å². The van der Waals surface area contributed by atoms with E-state index < -0.39 is 37.5 Å². The number of nitrogens with one attached hydrogen (secondary N) is 1. The Morgan fingerprint density at radius 2 is 1.64 bits per heavy atom. The fraction of sp³-hybridized carbons (Fsp3) is 0.156. The number of nitro benzene ring substituents is 1. The first-order valence-corrected chi connectivity index (χ1v) is 17.2. The van der Waals surface area contributed by atoms with Crippen LogP contribution in [0.3, 0.4) is 0 Å². The molecule has 15 heteroatoms. The Hall–Kier alpha value is -4.31. The van der Waals surface area contributed by atoms with Gasteiger partial charge in [-0.3, -0.25) is 19.8 Å². The van der Waals surface area contributed by atoms with Gasteiger partial charge in [0, 0.05) is 19.2 Å². The van der Waals surface area contributed by atoms with E-state index in [1.807, 2.05) is 11.0 Å². The summed E-state index contributed by atoms with van der Waals surface area (Å²) in [4.78, 5) is 25.6. The molecule has 1 aliphatic heterocycles. The number of carbonyl (C=O) groups is 1. The van der Waals surface area contributed by atoms with Gasteiger partial charge in [-0.15, -0.1) is 0 Å². The topological polar surface area (TPSA) is 166 Å². The summed E-state index contributed by atoms with van der Waals surface area (Å²) >= 11 is 13.1. The normalized spacial score (nSPS) is 14.4. The number of nitro groups is 1. The zero-order valence-electron chi connectivity index (χ0n) is 24.1. The van der Waals surface area contributed by atoms with Crippen LogP contribution in [0.15, 0.2) is 86.6 Å². The minimum absolute atomic E-state index is 0.126. The van der Waals surface area contributed by atoms with E-state index in [2.05, 4.69) is 48.7 Å². The number of halogens is 3. The maximum absolute atomic E-state index is 13.7. The van der Waals surface area contributed by atoms with E-state index in [0.717, 1.165) is 40.5 Å². The molecule has 0 radical (unpaired) electrons. The Kier molecular flexibility index (Phi) is 10.3. The van der Waals surface area contributed by atoms with Gasteiger partial charge in [0.05, 0.1) is 48.1 Å². The zero-order valence-corrected chi connectivity index (χ0v) is 28.9. The van der Waals surface area contributed by atoms with Gasteiger partial charge in [0.2, 0.25) is 0 Å². The highest BCUT2D eigenvalue weighted by atomic mass is 79.9. The number of carbonyl (C=O) groups excluding carboxylic acids is 1. The number of ether oxygens (including phenoxy) is 1. The molecule has 47 heavy (non-hydrogen) atoms. The standard InChI is InChI=1S/C32H22Br2ClN5O6S/c33-26-11-23-12-29(32(41)38-47(44,45)24-9-10-27(35)28(13-24)40(42)43)39(16-21-5-1-19(14-36)2-6-21)17-25(23)30(34)31(26)46-18-22-7-3-20(15-37)4-8-22/h1-11,13,29H,12,16-18H2,(H,38,41)/t29-/m0/s1. The summed E-state index contributed by atoms with van der Waals surface area (Å²) in [5, 5.41) is 29.4. The van der Waals surface area contributed by atoms with Crippen LogP contribution in [-0.2, 0) is 40.9 Å². The number of amides is 1. The Morgan fingerprint density at radius 1 is 1.02 bits per heavy atom. The molecule has 0 saturated carbocycles. The third-order valence-corrected chi connectivity index (χ3v) is 10.6. The van der Waals surface area contributed by atoms with Crippen LogP contribution in [0.5, 0.6) is 5.75 Å². The van der Waals surface area contributed by atoms with Gasteiger partial charge in [-0.05, 0) is 103 Å². The van der Waals surface area contributed by atoms with Gasteiger partial charge >= 0.3 is 0 Å². The Morgan fingerprint density at radius 3 is 2.23 bits per heavy atom. The second-order valence-electron chi connectivity index (χ2n) is 10.5. The van der Waals surface area contributed by atoms with Crippen molar-refractivity contribution < 1.29 is 22.9 Å².